The van der Waals surface area contributed by atoms with Gasteiger partial charge in [0, 0.05) is 15.1 Å². The minimum atomic E-state index is 0. The molecule has 2 rings (SSSR count). The lowest BCUT2D eigenvalue weighted by Crippen LogP contribution is -2.08. The van der Waals surface area contributed by atoms with E-state index in [1.165, 1.54) is 5.56 Å². The summed E-state index contributed by atoms with van der Waals surface area (Å²) in [6.45, 7) is 0.805. The van der Waals surface area contributed by atoms with Crippen LogP contribution in [-0.4, -0.2) is 6.61 Å². The zero-order valence-electron chi connectivity index (χ0n) is 7.15. The molecule has 0 saturated carbocycles. The highest BCUT2D eigenvalue weighted by Crippen LogP contribution is 2.34. The number of hydrogen-bond acceptors (Lipinski definition) is 2. The maximum absolute atomic E-state index is 5.87. The van der Waals surface area contributed by atoms with Crippen molar-refractivity contribution in [1.82, 2.24) is 6.15 Å². The van der Waals surface area contributed by atoms with Crippen LogP contribution in [0.15, 0.2) is 16.6 Å². The molecule has 2 nitrogen and oxygen atoms in total. The minimum Gasteiger partial charge on any atom is -0.493 e. The highest BCUT2D eigenvalue weighted by molar-refractivity contribution is 9.10. The van der Waals surface area contributed by atoms with Crippen molar-refractivity contribution in [2.75, 3.05) is 6.61 Å². The Kier molecular flexibility index (Phi) is 3.59. The van der Waals surface area contributed by atoms with E-state index in [0.717, 1.165) is 34.7 Å². The van der Waals surface area contributed by atoms with Crippen molar-refractivity contribution in [2.24, 2.45) is 0 Å². The zero-order valence-corrected chi connectivity index (χ0v) is 9.49. The van der Waals surface area contributed by atoms with Crippen LogP contribution in [0.3, 0.4) is 0 Å². The molecule has 1 aromatic rings. The van der Waals surface area contributed by atoms with E-state index in [-0.39, 0.29) is 6.15 Å². The molecule has 0 spiro atoms. The summed E-state index contributed by atoms with van der Waals surface area (Å²) in [7, 11) is 0. The second kappa shape index (κ2) is 4.31. The van der Waals surface area contributed by atoms with Crippen LogP contribution in [0.1, 0.15) is 12.0 Å². The number of fused-ring (bicyclic) bond motifs is 1. The Morgan fingerprint density at radius 3 is 2.92 bits per heavy atom. The van der Waals surface area contributed by atoms with Gasteiger partial charge >= 0.3 is 0 Å². The van der Waals surface area contributed by atoms with Crippen molar-refractivity contribution in [3.8, 4) is 5.75 Å². The van der Waals surface area contributed by atoms with Gasteiger partial charge in [-0.15, -0.1) is 0 Å². The standard InChI is InChI=1S/C9H8BrClO.H3N/c10-8-4-6(11)5-9-7(8)2-1-3-12-9;/h4-5H,1-3H2;1H3. The molecule has 72 valence electrons. The number of ether oxygens (including phenoxy) is 1. The van der Waals surface area contributed by atoms with E-state index in [1.54, 1.807) is 0 Å². The van der Waals surface area contributed by atoms with Crippen molar-refractivity contribution in [1.29, 1.82) is 0 Å². The van der Waals surface area contributed by atoms with Crippen molar-refractivity contribution in [3.63, 3.8) is 0 Å². The highest BCUT2D eigenvalue weighted by Gasteiger charge is 2.13. The van der Waals surface area contributed by atoms with Crippen LogP contribution in [0.2, 0.25) is 5.02 Å². The minimum absolute atomic E-state index is 0. The van der Waals surface area contributed by atoms with Gasteiger partial charge in [-0.25, -0.2) is 0 Å². The summed E-state index contributed by atoms with van der Waals surface area (Å²) in [6.07, 6.45) is 2.17. The first-order valence-electron chi connectivity index (χ1n) is 3.88. The van der Waals surface area contributed by atoms with Crippen molar-refractivity contribution < 1.29 is 4.74 Å². The van der Waals surface area contributed by atoms with Crippen LogP contribution >= 0.6 is 27.5 Å². The number of halogens is 2. The van der Waals surface area contributed by atoms with Crippen LogP contribution in [-0.2, 0) is 6.42 Å². The molecule has 0 aliphatic carbocycles. The largest absolute Gasteiger partial charge is 0.493 e. The Labute approximate surface area is 90.9 Å². The van der Waals surface area contributed by atoms with Crippen molar-refractivity contribution in [2.45, 2.75) is 12.8 Å². The number of rotatable bonds is 0. The Bertz CT molecular complexity index is 317. The zero-order chi connectivity index (χ0) is 8.55. The molecule has 1 aromatic carbocycles. The lowest BCUT2D eigenvalue weighted by molar-refractivity contribution is 0.288. The maximum atomic E-state index is 5.87. The second-order valence-electron chi connectivity index (χ2n) is 2.82. The van der Waals surface area contributed by atoms with Crippen LogP contribution in [0.25, 0.3) is 0 Å². The summed E-state index contributed by atoms with van der Waals surface area (Å²) in [5, 5.41) is 0.725. The predicted molar refractivity (Wildman–Crippen MR) is 58.0 cm³/mol. The molecule has 0 fully saturated rings. The average Bonchev–Trinajstić information content (AvgIpc) is 2.04. The summed E-state index contributed by atoms with van der Waals surface area (Å²) in [6, 6.07) is 3.79. The van der Waals surface area contributed by atoms with Gasteiger partial charge in [0.2, 0.25) is 0 Å². The third-order valence-corrected chi connectivity index (χ3v) is 2.87. The first-order valence-corrected chi connectivity index (χ1v) is 5.05. The smallest absolute Gasteiger partial charge is 0.125 e. The van der Waals surface area contributed by atoms with Crippen molar-refractivity contribution >= 4 is 27.5 Å². The molecule has 0 atom stereocenters. The van der Waals surface area contributed by atoms with E-state index in [2.05, 4.69) is 15.9 Å². The molecule has 0 radical (unpaired) electrons. The van der Waals surface area contributed by atoms with Gasteiger partial charge in [0.25, 0.3) is 0 Å². The van der Waals surface area contributed by atoms with E-state index in [0.29, 0.717) is 0 Å². The third kappa shape index (κ3) is 2.16. The molecule has 0 unspecified atom stereocenters. The maximum Gasteiger partial charge on any atom is 0.125 e. The van der Waals surface area contributed by atoms with Gasteiger partial charge in [-0.3, -0.25) is 0 Å². The van der Waals surface area contributed by atoms with Gasteiger partial charge in [0.15, 0.2) is 0 Å². The Balaban J connectivity index is 0.000000845. The van der Waals surface area contributed by atoms with Crippen molar-refractivity contribution in [3.05, 3.63) is 27.2 Å². The van der Waals surface area contributed by atoms with E-state index < -0.39 is 0 Å². The molecular weight excluding hydrogens is 253 g/mol. The Morgan fingerprint density at radius 2 is 2.15 bits per heavy atom. The fraction of sp³-hybridized carbons (Fsp3) is 0.333. The fourth-order valence-electron chi connectivity index (χ4n) is 1.38. The van der Waals surface area contributed by atoms with E-state index in [4.69, 9.17) is 16.3 Å². The summed E-state index contributed by atoms with van der Waals surface area (Å²) in [5.74, 6) is 0.931. The van der Waals surface area contributed by atoms with Gasteiger partial charge in [-0.2, -0.15) is 0 Å². The van der Waals surface area contributed by atoms with E-state index >= 15 is 0 Å². The first kappa shape index (κ1) is 10.8. The molecule has 1 aliphatic rings. The van der Waals surface area contributed by atoms with E-state index in [9.17, 15) is 0 Å². The number of benzene rings is 1. The lowest BCUT2D eigenvalue weighted by Gasteiger charge is -2.18. The summed E-state index contributed by atoms with van der Waals surface area (Å²) in [5.41, 5.74) is 1.24. The molecule has 0 saturated heterocycles. The fourth-order valence-corrected chi connectivity index (χ4v) is 2.36. The topological polar surface area (TPSA) is 44.2 Å². The quantitative estimate of drug-likeness (QED) is 0.778. The first-order chi connectivity index (χ1) is 5.77. The molecular formula is C9H11BrClNO. The molecule has 1 aliphatic heterocycles. The SMILES string of the molecule is Clc1cc(Br)c2c(c1)OCCC2.N. The highest BCUT2D eigenvalue weighted by atomic mass is 79.9. The normalized spacial score (nSPS) is 14.0. The average molecular weight is 265 g/mol. The van der Waals surface area contributed by atoms with Gasteiger partial charge in [0.05, 0.1) is 6.61 Å². The molecule has 3 N–H and O–H groups in total. The second-order valence-corrected chi connectivity index (χ2v) is 4.11. The van der Waals surface area contributed by atoms with Crippen LogP contribution < -0.4 is 10.9 Å². The molecule has 0 amide bonds. The third-order valence-electron chi connectivity index (χ3n) is 1.95. The monoisotopic (exact) mass is 263 g/mol. The Hall–Kier alpha value is -0.250. The summed E-state index contributed by atoms with van der Waals surface area (Å²) < 4.78 is 6.53. The molecule has 0 aromatic heterocycles. The summed E-state index contributed by atoms with van der Waals surface area (Å²) in [4.78, 5) is 0. The predicted octanol–water partition coefficient (Wildman–Crippen LogP) is 3.59. The van der Waals surface area contributed by atoms with Gasteiger partial charge < -0.3 is 10.9 Å². The molecule has 4 heteroatoms. The van der Waals surface area contributed by atoms with Gasteiger partial charge in [-0.05, 0) is 25.0 Å². The van der Waals surface area contributed by atoms with E-state index in [1.807, 2.05) is 12.1 Å². The molecule has 1 heterocycles. The van der Waals surface area contributed by atoms with Crippen LogP contribution in [0.5, 0.6) is 5.75 Å². The van der Waals surface area contributed by atoms with Crippen LogP contribution in [0.4, 0.5) is 0 Å². The van der Waals surface area contributed by atoms with Gasteiger partial charge in [-0.1, -0.05) is 27.5 Å². The molecule has 0 bridgehead atoms. The van der Waals surface area contributed by atoms with Gasteiger partial charge in [0.1, 0.15) is 5.75 Å². The summed E-state index contributed by atoms with van der Waals surface area (Å²) >= 11 is 9.34. The van der Waals surface area contributed by atoms with Crippen LogP contribution in [0, 0.1) is 0 Å². The molecule has 13 heavy (non-hydrogen) atoms. The number of hydrogen-bond donors (Lipinski definition) is 1. The lowest BCUT2D eigenvalue weighted by atomic mass is 10.1. The Morgan fingerprint density at radius 1 is 1.38 bits per heavy atom.